The third kappa shape index (κ3) is 4.60. The molecule has 2 aromatic carbocycles. The first-order valence-electron chi connectivity index (χ1n) is 10.2. The lowest BCUT2D eigenvalue weighted by atomic mass is 9.86. The van der Waals surface area contributed by atoms with Crippen LogP contribution in [-0.4, -0.2) is 41.2 Å². The van der Waals surface area contributed by atoms with E-state index in [1.807, 2.05) is 0 Å². The Morgan fingerprint density at radius 2 is 1.86 bits per heavy atom. The predicted molar refractivity (Wildman–Crippen MR) is 129 cm³/mol. The highest BCUT2D eigenvalue weighted by Gasteiger charge is 2.62. The standard InChI is InChI=1S/C23H18Cl3F3N4O2/c1-13-8-14(4-5-18(13)20(34)33(2)23(26)30-6-3-7-31-23)19-12-21(35-32-19,22(27,28)29)15-9-16(24)11-17(25)10-15/h3-11,30H,12H2,1-2H3. The van der Waals surface area contributed by atoms with Gasteiger partial charge in [0.1, 0.15) is 0 Å². The lowest BCUT2D eigenvalue weighted by molar-refractivity contribution is -0.275. The highest BCUT2D eigenvalue weighted by molar-refractivity contribution is 6.34. The smallest absolute Gasteiger partial charge is 0.374 e. The first-order valence-corrected chi connectivity index (χ1v) is 11.3. The third-order valence-electron chi connectivity index (χ3n) is 5.75. The average Bonchev–Trinajstić information content (AvgIpc) is 3.25. The number of nitrogens with zero attached hydrogens (tertiary/aromatic N) is 3. The van der Waals surface area contributed by atoms with Crippen LogP contribution in [0.2, 0.25) is 10.0 Å². The summed E-state index contributed by atoms with van der Waals surface area (Å²) < 4.78 is 42.7. The molecule has 0 radical (unpaired) electrons. The van der Waals surface area contributed by atoms with Crippen LogP contribution in [0, 0.1) is 6.92 Å². The molecule has 1 amide bonds. The molecule has 2 heterocycles. The van der Waals surface area contributed by atoms with Crippen molar-refractivity contribution in [3.8, 4) is 0 Å². The molecular formula is C23H18Cl3F3N4O2. The number of hydrogen-bond acceptors (Lipinski definition) is 5. The molecule has 6 nitrogen and oxygen atoms in total. The summed E-state index contributed by atoms with van der Waals surface area (Å²) in [6, 6.07) is 8.21. The molecule has 4 rings (SSSR count). The van der Waals surface area contributed by atoms with E-state index in [4.69, 9.17) is 39.6 Å². The molecule has 35 heavy (non-hydrogen) atoms. The average molecular weight is 546 g/mol. The van der Waals surface area contributed by atoms with E-state index < -0.39 is 29.4 Å². The molecule has 0 saturated carbocycles. The van der Waals surface area contributed by atoms with Crippen molar-refractivity contribution >= 4 is 52.6 Å². The van der Waals surface area contributed by atoms with Crippen molar-refractivity contribution in [1.82, 2.24) is 10.2 Å². The first-order chi connectivity index (χ1) is 16.4. The molecule has 2 aliphatic rings. The minimum atomic E-state index is -4.81. The molecule has 12 heteroatoms. The molecule has 2 aliphatic heterocycles. The van der Waals surface area contributed by atoms with Crippen molar-refractivity contribution in [2.24, 2.45) is 10.1 Å². The first kappa shape index (κ1) is 25.3. The maximum atomic E-state index is 14.2. The van der Waals surface area contributed by atoms with Crippen LogP contribution < -0.4 is 5.32 Å². The normalized spacial score (nSPS) is 23.5. The Balaban J connectivity index is 1.62. The number of nitrogens with one attached hydrogen (secondary N) is 1. The van der Waals surface area contributed by atoms with Gasteiger partial charge in [0.05, 0.1) is 5.71 Å². The number of oxime groups is 1. The van der Waals surface area contributed by atoms with E-state index >= 15 is 0 Å². The third-order valence-corrected chi connectivity index (χ3v) is 6.65. The zero-order valence-electron chi connectivity index (χ0n) is 18.3. The molecule has 0 aliphatic carbocycles. The van der Waals surface area contributed by atoms with Gasteiger partial charge in [-0.15, -0.1) is 0 Å². The number of aliphatic imine (C=N–C) groups is 1. The monoisotopic (exact) mass is 544 g/mol. The second-order valence-corrected chi connectivity index (χ2v) is 9.45. The highest BCUT2D eigenvalue weighted by Crippen LogP contribution is 2.49. The lowest BCUT2D eigenvalue weighted by Gasteiger charge is -2.34. The van der Waals surface area contributed by atoms with E-state index in [9.17, 15) is 18.0 Å². The van der Waals surface area contributed by atoms with Crippen LogP contribution >= 0.6 is 34.8 Å². The van der Waals surface area contributed by atoms with Crippen LogP contribution in [0.25, 0.3) is 0 Å². The van der Waals surface area contributed by atoms with Gasteiger partial charge in [0.2, 0.25) is 0 Å². The summed E-state index contributed by atoms with van der Waals surface area (Å²) in [5.41, 5.74) is -1.76. The number of allylic oxidation sites excluding steroid dienone is 1. The summed E-state index contributed by atoms with van der Waals surface area (Å²) in [6.07, 6.45) is -0.771. The van der Waals surface area contributed by atoms with Crippen LogP contribution in [0.15, 0.2) is 58.8 Å². The molecule has 0 bridgehead atoms. The fourth-order valence-corrected chi connectivity index (χ4v) is 4.53. The van der Waals surface area contributed by atoms with Gasteiger partial charge in [0.15, 0.2) is 0 Å². The number of amides is 1. The van der Waals surface area contributed by atoms with E-state index in [0.29, 0.717) is 16.7 Å². The van der Waals surface area contributed by atoms with Gasteiger partial charge in [-0.3, -0.25) is 9.69 Å². The van der Waals surface area contributed by atoms with Crippen molar-refractivity contribution < 1.29 is 22.8 Å². The van der Waals surface area contributed by atoms with Crippen LogP contribution in [0.3, 0.4) is 0 Å². The summed E-state index contributed by atoms with van der Waals surface area (Å²) in [5.74, 6) is -0.438. The van der Waals surface area contributed by atoms with Crippen molar-refractivity contribution in [1.29, 1.82) is 0 Å². The van der Waals surface area contributed by atoms with Gasteiger partial charge in [-0.1, -0.05) is 34.4 Å². The summed E-state index contributed by atoms with van der Waals surface area (Å²) in [6.45, 7) is 1.66. The topological polar surface area (TPSA) is 66.3 Å². The second kappa shape index (κ2) is 9.04. The Morgan fingerprint density at radius 1 is 1.17 bits per heavy atom. The highest BCUT2D eigenvalue weighted by atomic mass is 35.5. The number of rotatable bonds is 4. The van der Waals surface area contributed by atoms with Crippen LogP contribution in [0.1, 0.15) is 33.5 Å². The number of carbonyl (C=O) groups is 1. The number of hydrogen-bond donors (Lipinski definition) is 1. The van der Waals surface area contributed by atoms with Crippen LogP contribution in [-0.2, 0) is 10.4 Å². The van der Waals surface area contributed by atoms with Gasteiger partial charge in [-0.25, -0.2) is 4.99 Å². The Labute approximate surface area is 214 Å². The summed E-state index contributed by atoms with van der Waals surface area (Å²) in [7, 11) is 1.48. The second-order valence-electron chi connectivity index (χ2n) is 8.05. The van der Waals surface area contributed by atoms with E-state index in [1.165, 1.54) is 36.4 Å². The number of alkyl halides is 4. The number of halogens is 6. The Kier molecular flexibility index (Phi) is 6.54. The molecule has 0 aromatic heterocycles. The van der Waals surface area contributed by atoms with E-state index in [2.05, 4.69) is 15.5 Å². The molecule has 184 valence electrons. The minimum Gasteiger partial charge on any atom is -0.374 e. The van der Waals surface area contributed by atoms with E-state index in [0.717, 1.165) is 12.1 Å². The number of carbonyl (C=O) groups excluding carboxylic acids is 1. The summed E-state index contributed by atoms with van der Waals surface area (Å²) in [5, 5.41) is 5.14. The van der Waals surface area contributed by atoms with Gasteiger partial charge >= 0.3 is 6.18 Å². The van der Waals surface area contributed by atoms with Gasteiger partial charge < -0.3 is 10.2 Å². The Bertz CT molecular complexity index is 1260. The fourth-order valence-electron chi connectivity index (χ4n) is 3.80. The van der Waals surface area contributed by atoms with E-state index in [-0.39, 0.29) is 21.3 Å². The molecule has 0 saturated heterocycles. The molecule has 0 spiro atoms. The molecule has 2 atom stereocenters. The largest absolute Gasteiger partial charge is 0.435 e. The Hall–Kier alpha value is -2.75. The van der Waals surface area contributed by atoms with Gasteiger partial charge in [-0.05, 0) is 66.1 Å². The molecule has 1 N–H and O–H groups in total. The van der Waals surface area contributed by atoms with Crippen LogP contribution in [0.5, 0.6) is 0 Å². The van der Waals surface area contributed by atoms with Crippen molar-refractivity contribution in [3.05, 3.63) is 81.0 Å². The molecule has 2 aromatic rings. The molecule has 2 unspecified atom stereocenters. The zero-order valence-corrected chi connectivity index (χ0v) is 20.6. The predicted octanol–water partition coefficient (Wildman–Crippen LogP) is 5.99. The maximum absolute atomic E-state index is 14.2. The number of benzene rings is 2. The minimum absolute atomic E-state index is 0.0420. The van der Waals surface area contributed by atoms with Crippen LogP contribution in [0.4, 0.5) is 13.2 Å². The Morgan fingerprint density at radius 3 is 2.43 bits per heavy atom. The van der Waals surface area contributed by atoms with Crippen molar-refractivity contribution in [3.63, 3.8) is 0 Å². The van der Waals surface area contributed by atoms with Crippen molar-refractivity contribution in [2.75, 3.05) is 7.05 Å². The SMILES string of the molecule is Cc1cc(C2=NOC(c3cc(Cl)cc(Cl)c3)(C(F)(F)F)C2)ccc1C(=O)N(C)C1(Cl)N=CC=CN1. The van der Waals surface area contributed by atoms with E-state index in [1.54, 1.807) is 25.3 Å². The van der Waals surface area contributed by atoms with Gasteiger partial charge in [-0.2, -0.15) is 13.2 Å². The molecular weight excluding hydrogens is 528 g/mol. The molecule has 0 fully saturated rings. The zero-order chi connectivity index (χ0) is 25.6. The fraction of sp³-hybridized carbons (Fsp3) is 0.261. The number of aryl methyl sites for hydroxylation is 1. The summed E-state index contributed by atoms with van der Waals surface area (Å²) >= 11 is 18.3. The summed E-state index contributed by atoms with van der Waals surface area (Å²) in [4.78, 5) is 23.4. The van der Waals surface area contributed by atoms with Gasteiger partial charge in [0.25, 0.3) is 16.8 Å². The maximum Gasteiger partial charge on any atom is 0.435 e. The van der Waals surface area contributed by atoms with Gasteiger partial charge in [0, 0.05) is 47.1 Å². The van der Waals surface area contributed by atoms with Crippen molar-refractivity contribution in [2.45, 2.75) is 30.4 Å². The lowest BCUT2D eigenvalue weighted by Crippen LogP contribution is -2.53. The quantitative estimate of drug-likeness (QED) is 0.379.